The van der Waals surface area contributed by atoms with Crippen molar-refractivity contribution >= 4 is 33.0 Å². The van der Waals surface area contributed by atoms with Crippen LogP contribution in [0.4, 0.5) is 18.9 Å². The minimum atomic E-state index is -4.63. The van der Waals surface area contributed by atoms with E-state index in [0.29, 0.717) is 0 Å². The predicted octanol–water partition coefficient (Wildman–Crippen LogP) is 4.20. The Labute approximate surface area is 168 Å². The number of hydrogen-bond acceptors (Lipinski definition) is 4. The van der Waals surface area contributed by atoms with Crippen LogP contribution in [0.15, 0.2) is 59.8 Å². The van der Waals surface area contributed by atoms with Crippen LogP contribution in [-0.2, 0) is 16.0 Å². The first-order chi connectivity index (χ1) is 13.5. The molecule has 3 rings (SSSR count). The number of nitrogens with zero attached hydrogens (tertiary/aromatic N) is 2. The van der Waals surface area contributed by atoms with Gasteiger partial charge in [-0.25, -0.2) is 13.1 Å². The summed E-state index contributed by atoms with van der Waals surface area (Å²) in [5.41, 5.74) is -1.15. The molecule has 1 amide bonds. The number of anilines is 1. The number of halogens is 4. The Hall–Kier alpha value is -2.85. The van der Waals surface area contributed by atoms with Crippen LogP contribution in [0.1, 0.15) is 15.9 Å². The van der Waals surface area contributed by atoms with E-state index < -0.39 is 27.5 Å². The zero-order valence-corrected chi connectivity index (χ0v) is 16.3. The fourth-order valence-electron chi connectivity index (χ4n) is 2.52. The molecular weight excluding hydrogens is 431 g/mol. The number of hydrogen-bond donors (Lipinski definition) is 1. The lowest BCUT2D eigenvalue weighted by molar-refractivity contribution is -0.137. The molecule has 0 saturated heterocycles. The summed E-state index contributed by atoms with van der Waals surface area (Å²) in [5.74, 6) is -0.867. The Balaban J connectivity index is 2.06. The summed E-state index contributed by atoms with van der Waals surface area (Å²) in [4.78, 5) is 12.5. The lowest BCUT2D eigenvalue weighted by Gasteiger charge is -2.15. The van der Waals surface area contributed by atoms with E-state index in [2.05, 4.69) is 10.4 Å². The molecule has 0 atom stereocenters. The molecule has 29 heavy (non-hydrogen) atoms. The van der Waals surface area contributed by atoms with Gasteiger partial charge in [-0.1, -0.05) is 11.6 Å². The third-order valence-electron chi connectivity index (χ3n) is 3.93. The molecule has 0 unspecified atom stereocenters. The van der Waals surface area contributed by atoms with E-state index >= 15 is 0 Å². The SMILES string of the molecule is CS(=O)(=O)c1ccc(Cl)c(C(=O)Nc2cc(C(F)(F)F)ccc2-n2cccn2)c1. The first-order valence-corrected chi connectivity index (χ1v) is 10.3. The van der Waals surface area contributed by atoms with Gasteiger partial charge in [-0.05, 0) is 42.5 Å². The quantitative estimate of drug-likeness (QED) is 0.655. The van der Waals surface area contributed by atoms with Crippen LogP contribution >= 0.6 is 11.6 Å². The number of alkyl halides is 3. The van der Waals surface area contributed by atoms with E-state index in [-0.39, 0.29) is 26.9 Å². The van der Waals surface area contributed by atoms with Crippen LogP contribution in [-0.4, -0.2) is 30.4 Å². The van der Waals surface area contributed by atoms with Gasteiger partial charge in [-0.15, -0.1) is 0 Å². The van der Waals surface area contributed by atoms with E-state index in [4.69, 9.17) is 11.6 Å². The lowest BCUT2D eigenvalue weighted by atomic mass is 10.1. The first-order valence-electron chi connectivity index (χ1n) is 7.99. The van der Waals surface area contributed by atoms with E-state index in [1.165, 1.54) is 35.3 Å². The molecule has 0 aliphatic carbocycles. The number of amides is 1. The van der Waals surface area contributed by atoms with Gasteiger partial charge in [0.25, 0.3) is 5.91 Å². The van der Waals surface area contributed by atoms with E-state index in [9.17, 15) is 26.4 Å². The van der Waals surface area contributed by atoms with Crippen LogP contribution in [0.5, 0.6) is 0 Å². The molecule has 0 saturated carbocycles. The Morgan fingerprint density at radius 1 is 1.17 bits per heavy atom. The molecule has 1 aromatic heterocycles. The second-order valence-electron chi connectivity index (χ2n) is 6.05. The van der Waals surface area contributed by atoms with Crippen molar-refractivity contribution in [3.8, 4) is 5.69 Å². The second-order valence-corrected chi connectivity index (χ2v) is 8.47. The summed E-state index contributed by atoms with van der Waals surface area (Å²) < 4.78 is 64.1. The van der Waals surface area contributed by atoms with Crippen molar-refractivity contribution in [2.75, 3.05) is 11.6 Å². The molecule has 1 heterocycles. The van der Waals surface area contributed by atoms with Crippen molar-refractivity contribution in [2.24, 2.45) is 0 Å². The van der Waals surface area contributed by atoms with Crippen LogP contribution < -0.4 is 5.32 Å². The van der Waals surface area contributed by atoms with Gasteiger partial charge in [0, 0.05) is 18.6 Å². The normalized spacial score (nSPS) is 12.0. The first kappa shape index (κ1) is 20.9. The summed E-state index contributed by atoms with van der Waals surface area (Å²) in [6.07, 6.45) is -0.748. The summed E-state index contributed by atoms with van der Waals surface area (Å²) in [6, 6.07) is 7.89. The predicted molar refractivity (Wildman–Crippen MR) is 101 cm³/mol. The molecule has 0 fully saturated rings. The third kappa shape index (κ3) is 4.60. The maximum absolute atomic E-state index is 13.1. The van der Waals surface area contributed by atoms with Crippen molar-refractivity contribution in [3.63, 3.8) is 0 Å². The van der Waals surface area contributed by atoms with Gasteiger partial charge < -0.3 is 5.32 Å². The van der Waals surface area contributed by atoms with Crippen LogP contribution in [0, 0.1) is 0 Å². The monoisotopic (exact) mass is 443 g/mol. The summed E-state index contributed by atoms with van der Waals surface area (Å²) in [7, 11) is -3.62. The Kier molecular flexibility index (Phi) is 5.42. The molecule has 0 bridgehead atoms. The van der Waals surface area contributed by atoms with Crippen molar-refractivity contribution in [1.82, 2.24) is 9.78 Å². The number of carbonyl (C=O) groups excluding carboxylic acids is 1. The molecule has 11 heteroatoms. The Bertz CT molecular complexity index is 1180. The lowest BCUT2D eigenvalue weighted by Crippen LogP contribution is -2.16. The van der Waals surface area contributed by atoms with E-state index in [1.807, 2.05) is 0 Å². The Morgan fingerprint density at radius 3 is 2.48 bits per heavy atom. The Morgan fingerprint density at radius 2 is 1.90 bits per heavy atom. The average molecular weight is 444 g/mol. The van der Waals surface area contributed by atoms with E-state index in [1.54, 1.807) is 6.07 Å². The smallest absolute Gasteiger partial charge is 0.320 e. The fourth-order valence-corrected chi connectivity index (χ4v) is 3.37. The number of nitrogens with one attached hydrogen (secondary N) is 1. The van der Waals surface area contributed by atoms with Gasteiger partial charge in [0.15, 0.2) is 9.84 Å². The fraction of sp³-hybridized carbons (Fsp3) is 0.111. The standard InChI is InChI=1S/C18H13ClF3N3O3S/c1-29(27,28)12-4-5-14(19)13(10-12)17(26)24-15-9-11(18(20,21)22)3-6-16(15)25-8-2-7-23-25/h2-10H,1H3,(H,24,26). The number of aromatic nitrogens is 2. The molecule has 0 radical (unpaired) electrons. The highest BCUT2D eigenvalue weighted by molar-refractivity contribution is 7.90. The summed E-state index contributed by atoms with van der Waals surface area (Å²) in [6.45, 7) is 0. The molecule has 6 nitrogen and oxygen atoms in total. The topological polar surface area (TPSA) is 81.1 Å². The van der Waals surface area contributed by atoms with Crippen molar-refractivity contribution in [3.05, 3.63) is 71.0 Å². The number of rotatable bonds is 4. The molecule has 152 valence electrons. The summed E-state index contributed by atoms with van der Waals surface area (Å²) in [5, 5.41) is 6.28. The molecule has 2 aromatic carbocycles. The maximum Gasteiger partial charge on any atom is 0.416 e. The molecular formula is C18H13ClF3N3O3S. The number of carbonyl (C=O) groups is 1. The van der Waals surface area contributed by atoms with Gasteiger partial charge in [0.1, 0.15) is 0 Å². The largest absolute Gasteiger partial charge is 0.416 e. The highest BCUT2D eigenvalue weighted by Gasteiger charge is 2.31. The minimum Gasteiger partial charge on any atom is -0.320 e. The summed E-state index contributed by atoms with van der Waals surface area (Å²) >= 11 is 6.00. The zero-order valence-electron chi connectivity index (χ0n) is 14.7. The van der Waals surface area contributed by atoms with E-state index in [0.717, 1.165) is 24.5 Å². The van der Waals surface area contributed by atoms with Crippen LogP contribution in [0.3, 0.4) is 0 Å². The molecule has 1 N–H and O–H groups in total. The highest BCUT2D eigenvalue weighted by Crippen LogP contribution is 2.33. The van der Waals surface area contributed by atoms with Crippen LogP contribution in [0.2, 0.25) is 5.02 Å². The van der Waals surface area contributed by atoms with Crippen molar-refractivity contribution in [1.29, 1.82) is 0 Å². The van der Waals surface area contributed by atoms with Gasteiger partial charge in [0.05, 0.1) is 32.4 Å². The molecule has 0 aliphatic rings. The van der Waals surface area contributed by atoms with Crippen LogP contribution in [0.25, 0.3) is 5.69 Å². The van der Waals surface area contributed by atoms with Gasteiger partial charge >= 0.3 is 6.18 Å². The third-order valence-corrected chi connectivity index (χ3v) is 5.37. The van der Waals surface area contributed by atoms with Crippen molar-refractivity contribution < 1.29 is 26.4 Å². The number of benzene rings is 2. The zero-order chi connectivity index (χ0) is 21.4. The molecule has 0 aliphatic heterocycles. The highest BCUT2D eigenvalue weighted by atomic mass is 35.5. The van der Waals surface area contributed by atoms with Gasteiger partial charge in [0.2, 0.25) is 0 Å². The second kappa shape index (κ2) is 7.53. The number of sulfone groups is 1. The molecule has 0 spiro atoms. The van der Waals surface area contributed by atoms with Gasteiger partial charge in [-0.3, -0.25) is 4.79 Å². The van der Waals surface area contributed by atoms with Gasteiger partial charge in [-0.2, -0.15) is 18.3 Å². The minimum absolute atomic E-state index is 0.0532. The molecule has 3 aromatic rings. The average Bonchev–Trinajstić information content (AvgIpc) is 3.14. The maximum atomic E-state index is 13.1. The van der Waals surface area contributed by atoms with Crippen molar-refractivity contribution in [2.45, 2.75) is 11.1 Å².